The highest BCUT2D eigenvalue weighted by molar-refractivity contribution is 14.0. The van der Waals surface area contributed by atoms with Crippen LogP contribution in [0.1, 0.15) is 26.2 Å². The monoisotopic (exact) mass is 369 g/mol. The Bertz CT molecular complexity index is 254. The summed E-state index contributed by atoms with van der Waals surface area (Å²) in [7, 11) is 1.85. The largest absolute Gasteiger partial charge is 0.356 e. The molecule has 3 nitrogen and oxygen atoms in total. The predicted octanol–water partition coefficient (Wildman–Crippen LogP) is 2.32. The van der Waals surface area contributed by atoms with Crippen molar-refractivity contribution in [2.24, 2.45) is 16.8 Å². The quantitative estimate of drug-likeness (QED) is 0.454. The molecule has 3 atom stereocenters. The van der Waals surface area contributed by atoms with E-state index < -0.39 is 0 Å². The Balaban J connectivity index is 0.00000144. The first kappa shape index (κ1) is 15.4. The molecule has 17 heavy (non-hydrogen) atoms. The average molecular weight is 369 g/mol. The second-order valence-corrected chi connectivity index (χ2v) is 6.35. The van der Waals surface area contributed by atoms with Crippen molar-refractivity contribution in [3.8, 4) is 0 Å². The maximum absolute atomic E-state index is 4.26. The number of aliphatic imine (C=N–C) groups is 1. The molecule has 100 valence electrons. The summed E-state index contributed by atoms with van der Waals surface area (Å²) in [6.07, 6.45) is 4.11. The van der Waals surface area contributed by atoms with Gasteiger partial charge < -0.3 is 10.6 Å². The fraction of sp³-hybridized carbons (Fsp3) is 0.917. The van der Waals surface area contributed by atoms with Crippen LogP contribution in [0.15, 0.2) is 4.99 Å². The van der Waals surface area contributed by atoms with E-state index in [0.717, 1.165) is 36.1 Å². The van der Waals surface area contributed by atoms with Gasteiger partial charge in [0, 0.05) is 25.4 Å². The molecule has 2 N–H and O–H groups in total. The van der Waals surface area contributed by atoms with E-state index in [1.807, 2.05) is 7.05 Å². The molecule has 2 fully saturated rings. The third-order valence-corrected chi connectivity index (χ3v) is 4.95. The first-order valence-electron chi connectivity index (χ1n) is 6.35. The van der Waals surface area contributed by atoms with Gasteiger partial charge >= 0.3 is 0 Å². The fourth-order valence-corrected chi connectivity index (χ4v) is 3.35. The third-order valence-electron chi connectivity index (χ3n) is 3.55. The molecule has 0 spiro atoms. The summed E-state index contributed by atoms with van der Waals surface area (Å²) < 4.78 is 0. The van der Waals surface area contributed by atoms with Crippen LogP contribution in [0, 0.1) is 11.8 Å². The predicted molar refractivity (Wildman–Crippen MR) is 87.5 cm³/mol. The van der Waals surface area contributed by atoms with Gasteiger partial charge in [0.1, 0.15) is 0 Å². The zero-order valence-corrected chi connectivity index (χ0v) is 13.9. The van der Waals surface area contributed by atoms with E-state index in [0.29, 0.717) is 0 Å². The number of nitrogens with one attached hydrogen (secondary N) is 2. The number of hydrogen-bond donors (Lipinski definition) is 2. The highest BCUT2D eigenvalue weighted by atomic mass is 127. The number of rotatable bonds is 4. The third kappa shape index (κ3) is 5.24. The second kappa shape index (κ2) is 7.71. The molecule has 2 rings (SSSR count). The molecule has 0 aromatic carbocycles. The van der Waals surface area contributed by atoms with Gasteiger partial charge in [-0.3, -0.25) is 4.99 Å². The molecule has 1 saturated heterocycles. The molecule has 1 heterocycles. The van der Waals surface area contributed by atoms with Gasteiger partial charge in [-0.2, -0.15) is 11.8 Å². The molecule has 1 aliphatic heterocycles. The minimum atomic E-state index is 0. The van der Waals surface area contributed by atoms with Crippen molar-refractivity contribution >= 4 is 41.7 Å². The van der Waals surface area contributed by atoms with Gasteiger partial charge in [-0.1, -0.05) is 6.92 Å². The maximum atomic E-state index is 4.26. The van der Waals surface area contributed by atoms with E-state index in [1.165, 1.54) is 25.0 Å². The van der Waals surface area contributed by atoms with E-state index in [-0.39, 0.29) is 24.0 Å². The fourth-order valence-electron chi connectivity index (χ4n) is 2.15. The van der Waals surface area contributed by atoms with Gasteiger partial charge in [-0.05, 0) is 36.9 Å². The zero-order valence-electron chi connectivity index (χ0n) is 10.7. The Morgan fingerprint density at radius 1 is 1.35 bits per heavy atom. The van der Waals surface area contributed by atoms with Crippen LogP contribution in [-0.2, 0) is 0 Å². The number of guanidine groups is 1. The van der Waals surface area contributed by atoms with Crippen molar-refractivity contribution < 1.29 is 0 Å². The molecular weight excluding hydrogens is 345 g/mol. The van der Waals surface area contributed by atoms with E-state index >= 15 is 0 Å². The molecule has 5 heteroatoms. The van der Waals surface area contributed by atoms with Crippen LogP contribution in [0.25, 0.3) is 0 Å². The second-order valence-electron chi connectivity index (χ2n) is 4.94. The summed E-state index contributed by atoms with van der Waals surface area (Å²) >= 11 is 2.09. The molecule has 1 saturated carbocycles. The Morgan fingerprint density at radius 3 is 2.59 bits per heavy atom. The van der Waals surface area contributed by atoms with E-state index in [4.69, 9.17) is 0 Å². The minimum absolute atomic E-state index is 0. The number of thioether (sulfide) groups is 1. The molecule has 3 unspecified atom stereocenters. The molecule has 0 bridgehead atoms. The minimum Gasteiger partial charge on any atom is -0.356 e. The number of hydrogen-bond acceptors (Lipinski definition) is 2. The van der Waals surface area contributed by atoms with Crippen LogP contribution in [0.2, 0.25) is 0 Å². The van der Waals surface area contributed by atoms with Crippen LogP contribution in [-0.4, -0.2) is 37.1 Å². The highest BCUT2D eigenvalue weighted by Gasteiger charge is 2.32. The average Bonchev–Trinajstić information content (AvgIpc) is 2.81. The van der Waals surface area contributed by atoms with Crippen molar-refractivity contribution in [2.45, 2.75) is 31.4 Å². The summed E-state index contributed by atoms with van der Waals surface area (Å²) in [4.78, 5) is 4.26. The van der Waals surface area contributed by atoms with Crippen molar-refractivity contribution in [3.05, 3.63) is 0 Å². The summed E-state index contributed by atoms with van der Waals surface area (Å²) in [6.45, 7) is 4.46. The van der Waals surface area contributed by atoms with E-state index in [2.05, 4.69) is 34.3 Å². The van der Waals surface area contributed by atoms with Gasteiger partial charge in [0.05, 0.1) is 0 Å². The lowest BCUT2D eigenvalue weighted by atomic mass is 10.2. The molecule has 1 aliphatic carbocycles. The van der Waals surface area contributed by atoms with Crippen molar-refractivity contribution in [2.75, 3.05) is 25.9 Å². The SMILES string of the molecule is CN=C(NCC1CCCS1)NCC1CC1C.I. The molecule has 0 amide bonds. The molecular formula is C12H24IN3S. The van der Waals surface area contributed by atoms with Crippen LogP contribution < -0.4 is 10.6 Å². The Hall–Kier alpha value is 0.350. The van der Waals surface area contributed by atoms with Gasteiger partial charge in [-0.25, -0.2) is 0 Å². The molecule has 0 aromatic heterocycles. The summed E-state index contributed by atoms with van der Waals surface area (Å²) in [5, 5.41) is 7.63. The van der Waals surface area contributed by atoms with Crippen molar-refractivity contribution in [1.82, 2.24) is 10.6 Å². The standard InChI is InChI=1S/C12H23N3S.HI/c1-9-6-10(9)7-14-12(13-2)15-8-11-4-3-5-16-11;/h9-11H,3-8H2,1-2H3,(H2,13,14,15);1H. The van der Waals surface area contributed by atoms with Crippen LogP contribution >= 0.6 is 35.7 Å². The zero-order chi connectivity index (χ0) is 11.4. The Labute approximate surface area is 126 Å². The lowest BCUT2D eigenvalue weighted by molar-refractivity contribution is 0.682. The smallest absolute Gasteiger partial charge is 0.191 e. The summed E-state index contributed by atoms with van der Waals surface area (Å²) in [5.41, 5.74) is 0. The first-order valence-corrected chi connectivity index (χ1v) is 7.40. The van der Waals surface area contributed by atoms with Gasteiger partial charge in [0.25, 0.3) is 0 Å². The van der Waals surface area contributed by atoms with Gasteiger partial charge in [0.2, 0.25) is 0 Å². The molecule has 2 aliphatic rings. The number of nitrogens with zero attached hydrogens (tertiary/aromatic N) is 1. The first-order chi connectivity index (χ1) is 7.79. The Morgan fingerprint density at radius 2 is 2.06 bits per heavy atom. The van der Waals surface area contributed by atoms with Crippen LogP contribution in [0.3, 0.4) is 0 Å². The molecule has 0 radical (unpaired) electrons. The van der Waals surface area contributed by atoms with Crippen molar-refractivity contribution in [1.29, 1.82) is 0 Å². The van der Waals surface area contributed by atoms with E-state index in [9.17, 15) is 0 Å². The maximum Gasteiger partial charge on any atom is 0.191 e. The van der Waals surface area contributed by atoms with Gasteiger partial charge in [0.15, 0.2) is 5.96 Å². The van der Waals surface area contributed by atoms with Crippen LogP contribution in [0.5, 0.6) is 0 Å². The lowest BCUT2D eigenvalue weighted by Gasteiger charge is -2.14. The normalized spacial score (nSPS) is 31.9. The van der Waals surface area contributed by atoms with Crippen LogP contribution in [0.4, 0.5) is 0 Å². The highest BCUT2D eigenvalue weighted by Crippen LogP contribution is 2.36. The summed E-state index contributed by atoms with van der Waals surface area (Å²) in [5.74, 6) is 4.10. The van der Waals surface area contributed by atoms with Crippen molar-refractivity contribution in [3.63, 3.8) is 0 Å². The van der Waals surface area contributed by atoms with Gasteiger partial charge in [-0.15, -0.1) is 24.0 Å². The summed E-state index contributed by atoms with van der Waals surface area (Å²) in [6, 6.07) is 0. The van der Waals surface area contributed by atoms with E-state index in [1.54, 1.807) is 0 Å². The molecule has 0 aromatic rings. The Kier molecular flexibility index (Phi) is 6.99. The number of halogens is 1. The topological polar surface area (TPSA) is 36.4 Å². The lowest BCUT2D eigenvalue weighted by Crippen LogP contribution is -2.41.